The lowest BCUT2D eigenvalue weighted by atomic mass is 9.67. The normalized spacial score (nSPS) is 11.0. The van der Waals surface area contributed by atoms with Gasteiger partial charge < -0.3 is 4.74 Å². The van der Waals surface area contributed by atoms with Gasteiger partial charge in [0.1, 0.15) is 0 Å². The Bertz CT molecular complexity index is 683. The first kappa shape index (κ1) is 16.0. The molecule has 0 aliphatic heterocycles. The highest BCUT2D eigenvalue weighted by Crippen LogP contribution is 2.42. The standard InChI is InChI=1S/C22H20O2/c1-24-21(23)17-22(18-11-5-2-6-12-18,19-13-7-3-8-14-19)20-15-9-4-10-16-20/h2-16H,17H2,1H3. The second-order valence-electron chi connectivity index (χ2n) is 5.76. The Hall–Kier alpha value is -2.87. The van der Waals surface area contributed by atoms with Crippen molar-refractivity contribution in [1.82, 2.24) is 0 Å². The molecule has 0 spiro atoms. The van der Waals surface area contributed by atoms with Crippen LogP contribution >= 0.6 is 0 Å². The van der Waals surface area contributed by atoms with Gasteiger partial charge in [-0.25, -0.2) is 0 Å². The molecule has 24 heavy (non-hydrogen) atoms. The van der Waals surface area contributed by atoms with Crippen molar-refractivity contribution >= 4 is 5.97 Å². The Kier molecular flexibility index (Phi) is 4.76. The summed E-state index contributed by atoms with van der Waals surface area (Å²) in [6.45, 7) is 0. The Labute approximate surface area is 142 Å². The van der Waals surface area contributed by atoms with Gasteiger partial charge in [-0.05, 0) is 16.7 Å². The van der Waals surface area contributed by atoms with Gasteiger partial charge in [0.2, 0.25) is 0 Å². The maximum atomic E-state index is 12.3. The quantitative estimate of drug-likeness (QED) is 0.508. The van der Waals surface area contributed by atoms with Crippen LogP contribution in [0, 0.1) is 0 Å². The van der Waals surface area contributed by atoms with Crippen LogP contribution in [0.4, 0.5) is 0 Å². The Morgan fingerprint density at radius 2 is 1.04 bits per heavy atom. The van der Waals surface area contributed by atoms with Crippen LogP contribution < -0.4 is 0 Å². The summed E-state index contributed by atoms with van der Waals surface area (Å²) in [6, 6.07) is 30.4. The van der Waals surface area contributed by atoms with E-state index in [1.54, 1.807) is 0 Å². The summed E-state index contributed by atoms with van der Waals surface area (Å²) < 4.78 is 5.03. The molecule has 0 saturated carbocycles. The van der Waals surface area contributed by atoms with Crippen LogP contribution in [0.5, 0.6) is 0 Å². The van der Waals surface area contributed by atoms with E-state index < -0.39 is 5.41 Å². The van der Waals surface area contributed by atoms with Gasteiger partial charge in [-0.1, -0.05) is 91.0 Å². The zero-order valence-electron chi connectivity index (χ0n) is 13.7. The molecule has 0 aliphatic carbocycles. The third kappa shape index (κ3) is 2.95. The van der Waals surface area contributed by atoms with Gasteiger partial charge in [0.25, 0.3) is 0 Å². The number of carbonyl (C=O) groups excluding carboxylic acids is 1. The molecular formula is C22H20O2. The van der Waals surface area contributed by atoms with E-state index in [4.69, 9.17) is 4.74 Å². The van der Waals surface area contributed by atoms with Crippen molar-refractivity contribution in [1.29, 1.82) is 0 Å². The molecule has 0 amide bonds. The summed E-state index contributed by atoms with van der Waals surface area (Å²) in [4.78, 5) is 12.3. The maximum Gasteiger partial charge on any atom is 0.307 e. The molecule has 2 heteroatoms. The molecule has 0 atom stereocenters. The van der Waals surface area contributed by atoms with Crippen molar-refractivity contribution in [2.45, 2.75) is 11.8 Å². The first-order valence-corrected chi connectivity index (χ1v) is 8.01. The van der Waals surface area contributed by atoms with Crippen LogP contribution in [0.25, 0.3) is 0 Å². The smallest absolute Gasteiger partial charge is 0.307 e. The fraction of sp³-hybridized carbons (Fsp3) is 0.136. The fourth-order valence-corrected chi connectivity index (χ4v) is 3.26. The zero-order chi connectivity index (χ0) is 16.8. The highest BCUT2D eigenvalue weighted by atomic mass is 16.5. The lowest BCUT2D eigenvalue weighted by Gasteiger charge is -2.35. The molecule has 120 valence electrons. The van der Waals surface area contributed by atoms with Gasteiger partial charge in [-0.15, -0.1) is 0 Å². The summed E-state index contributed by atoms with van der Waals surface area (Å²) >= 11 is 0. The molecule has 0 radical (unpaired) electrons. The van der Waals surface area contributed by atoms with E-state index >= 15 is 0 Å². The first-order valence-electron chi connectivity index (χ1n) is 8.01. The van der Waals surface area contributed by atoms with E-state index in [0.717, 1.165) is 16.7 Å². The van der Waals surface area contributed by atoms with E-state index in [2.05, 4.69) is 36.4 Å². The first-order chi connectivity index (χ1) is 11.8. The fourth-order valence-electron chi connectivity index (χ4n) is 3.26. The van der Waals surface area contributed by atoms with Crippen molar-refractivity contribution in [3.63, 3.8) is 0 Å². The molecule has 3 aromatic carbocycles. The third-order valence-electron chi connectivity index (χ3n) is 4.44. The number of benzene rings is 3. The second-order valence-corrected chi connectivity index (χ2v) is 5.76. The molecule has 0 fully saturated rings. The van der Waals surface area contributed by atoms with E-state index in [1.807, 2.05) is 54.6 Å². The highest BCUT2D eigenvalue weighted by Gasteiger charge is 2.38. The Balaban J connectivity index is 2.30. The number of hydrogen-bond acceptors (Lipinski definition) is 2. The monoisotopic (exact) mass is 316 g/mol. The Morgan fingerprint density at radius 1 is 0.708 bits per heavy atom. The van der Waals surface area contributed by atoms with Crippen molar-refractivity contribution < 1.29 is 9.53 Å². The van der Waals surface area contributed by atoms with Crippen LogP contribution in [-0.2, 0) is 14.9 Å². The molecule has 0 bridgehead atoms. The van der Waals surface area contributed by atoms with Crippen LogP contribution in [0.3, 0.4) is 0 Å². The minimum atomic E-state index is -0.573. The van der Waals surface area contributed by atoms with Gasteiger partial charge in [-0.2, -0.15) is 0 Å². The zero-order valence-corrected chi connectivity index (χ0v) is 13.7. The van der Waals surface area contributed by atoms with E-state index in [-0.39, 0.29) is 12.4 Å². The summed E-state index contributed by atoms with van der Waals surface area (Å²) in [5.74, 6) is -0.230. The summed E-state index contributed by atoms with van der Waals surface area (Å²) in [7, 11) is 1.44. The number of rotatable bonds is 5. The molecule has 0 unspecified atom stereocenters. The Morgan fingerprint density at radius 3 is 1.33 bits per heavy atom. The predicted octanol–water partition coefficient (Wildman–Crippen LogP) is 4.58. The number of hydrogen-bond donors (Lipinski definition) is 0. The average Bonchev–Trinajstić information content (AvgIpc) is 2.68. The summed E-state index contributed by atoms with van der Waals surface area (Å²) in [5.41, 5.74) is 2.66. The van der Waals surface area contributed by atoms with Gasteiger partial charge in [0.15, 0.2) is 0 Å². The molecule has 2 nitrogen and oxygen atoms in total. The minimum Gasteiger partial charge on any atom is -0.469 e. The lowest BCUT2D eigenvalue weighted by Crippen LogP contribution is -2.32. The van der Waals surface area contributed by atoms with Crippen molar-refractivity contribution in [3.8, 4) is 0 Å². The summed E-state index contributed by atoms with van der Waals surface area (Å²) in [5, 5.41) is 0. The molecule has 0 aromatic heterocycles. The van der Waals surface area contributed by atoms with Gasteiger partial charge in [0.05, 0.1) is 18.9 Å². The largest absolute Gasteiger partial charge is 0.469 e. The maximum absolute atomic E-state index is 12.3. The molecule has 3 aromatic rings. The molecule has 0 heterocycles. The van der Waals surface area contributed by atoms with E-state index in [0.29, 0.717) is 0 Å². The second kappa shape index (κ2) is 7.14. The van der Waals surface area contributed by atoms with Gasteiger partial charge in [-0.3, -0.25) is 4.79 Å². The van der Waals surface area contributed by atoms with Gasteiger partial charge >= 0.3 is 5.97 Å². The molecule has 0 aliphatic rings. The average molecular weight is 316 g/mol. The molecule has 0 N–H and O–H groups in total. The van der Waals surface area contributed by atoms with Crippen LogP contribution in [-0.4, -0.2) is 13.1 Å². The minimum absolute atomic E-state index is 0.230. The lowest BCUT2D eigenvalue weighted by molar-refractivity contribution is -0.141. The highest BCUT2D eigenvalue weighted by molar-refractivity contribution is 5.74. The number of ether oxygens (including phenoxy) is 1. The number of methoxy groups -OCH3 is 1. The van der Waals surface area contributed by atoms with Crippen LogP contribution in [0.2, 0.25) is 0 Å². The van der Waals surface area contributed by atoms with E-state index in [1.165, 1.54) is 7.11 Å². The summed E-state index contributed by atoms with van der Waals surface area (Å²) in [6.07, 6.45) is 0.252. The van der Waals surface area contributed by atoms with Crippen molar-refractivity contribution in [2.75, 3.05) is 7.11 Å². The third-order valence-corrected chi connectivity index (χ3v) is 4.44. The molecule has 0 saturated heterocycles. The van der Waals surface area contributed by atoms with Crippen LogP contribution in [0.15, 0.2) is 91.0 Å². The SMILES string of the molecule is COC(=O)CC(c1ccccc1)(c1ccccc1)c1ccccc1. The van der Waals surface area contributed by atoms with Gasteiger partial charge in [0, 0.05) is 0 Å². The van der Waals surface area contributed by atoms with Crippen molar-refractivity contribution in [3.05, 3.63) is 108 Å². The molecule has 3 rings (SSSR count). The van der Waals surface area contributed by atoms with Crippen LogP contribution in [0.1, 0.15) is 23.1 Å². The predicted molar refractivity (Wildman–Crippen MR) is 95.8 cm³/mol. The van der Waals surface area contributed by atoms with E-state index in [9.17, 15) is 4.79 Å². The number of carbonyl (C=O) groups is 1. The molecular weight excluding hydrogens is 296 g/mol. The van der Waals surface area contributed by atoms with Crippen molar-refractivity contribution in [2.24, 2.45) is 0 Å². The topological polar surface area (TPSA) is 26.3 Å². The number of esters is 1.